The Morgan fingerprint density at radius 2 is 1.82 bits per heavy atom. The van der Waals surface area contributed by atoms with E-state index in [9.17, 15) is 4.79 Å². The summed E-state index contributed by atoms with van der Waals surface area (Å²) in [4.78, 5) is 13.4. The van der Waals surface area contributed by atoms with Gasteiger partial charge in [0.25, 0.3) is 5.91 Å². The van der Waals surface area contributed by atoms with Crippen LogP contribution in [-0.4, -0.2) is 42.6 Å². The first-order valence-electron chi connectivity index (χ1n) is 11.0. The second kappa shape index (κ2) is 9.90. The van der Waals surface area contributed by atoms with Gasteiger partial charge in [0.05, 0.1) is 17.5 Å². The fraction of sp³-hybridized carbons (Fsp3) is 0.292. The van der Waals surface area contributed by atoms with Gasteiger partial charge in [0, 0.05) is 23.0 Å². The van der Waals surface area contributed by atoms with Crippen LogP contribution in [0.2, 0.25) is 10.0 Å². The number of rotatable bonds is 5. The van der Waals surface area contributed by atoms with E-state index < -0.39 is 0 Å². The van der Waals surface area contributed by atoms with Crippen LogP contribution in [0.15, 0.2) is 64.4 Å². The smallest absolute Gasteiger partial charge is 0.253 e. The number of thioether (sulfide) groups is 1. The molecule has 2 aliphatic rings. The van der Waals surface area contributed by atoms with Crippen molar-refractivity contribution in [3.05, 3.63) is 75.3 Å². The quantitative estimate of drug-likeness (QED) is 0.425. The van der Waals surface area contributed by atoms with Crippen molar-refractivity contribution >= 4 is 52.7 Å². The normalized spacial score (nSPS) is 21.0. The number of fused-ring (bicyclic) bond motifs is 1. The van der Waals surface area contributed by atoms with E-state index in [1.54, 1.807) is 16.7 Å². The summed E-state index contributed by atoms with van der Waals surface area (Å²) < 4.78 is 1.55. The molecule has 7 nitrogen and oxygen atoms in total. The Balaban J connectivity index is 1.47. The van der Waals surface area contributed by atoms with Crippen LogP contribution in [0.4, 0.5) is 0 Å². The number of hydrogen-bond acceptors (Lipinski definition) is 6. The summed E-state index contributed by atoms with van der Waals surface area (Å²) in [5, 5.41) is 20.0. The summed E-state index contributed by atoms with van der Waals surface area (Å²) >= 11 is 13.5. The lowest BCUT2D eigenvalue weighted by molar-refractivity contribution is -0.130. The lowest BCUT2D eigenvalue weighted by Crippen LogP contribution is -2.32. The maximum Gasteiger partial charge on any atom is 0.253 e. The third-order valence-corrected chi connectivity index (χ3v) is 7.58. The number of tetrazole rings is 1. The van der Waals surface area contributed by atoms with Crippen LogP contribution >= 0.6 is 35.0 Å². The average Bonchev–Trinajstić information content (AvgIpc) is 3.43. The molecule has 1 amide bonds. The molecule has 0 unspecified atom stereocenters. The van der Waals surface area contributed by atoms with Gasteiger partial charge < -0.3 is 0 Å². The van der Waals surface area contributed by atoms with Gasteiger partial charge in [-0.1, -0.05) is 59.2 Å². The maximum atomic E-state index is 13.4. The van der Waals surface area contributed by atoms with Gasteiger partial charge in [0.1, 0.15) is 0 Å². The molecule has 5 rings (SSSR count). The van der Waals surface area contributed by atoms with Crippen molar-refractivity contribution in [3.8, 4) is 0 Å². The van der Waals surface area contributed by atoms with E-state index in [2.05, 4.69) is 21.6 Å². The molecule has 0 spiro atoms. The molecule has 1 fully saturated rings. The summed E-state index contributed by atoms with van der Waals surface area (Å²) in [5.74, 6) is 0.234. The highest BCUT2D eigenvalue weighted by molar-refractivity contribution is 7.99. The van der Waals surface area contributed by atoms with Gasteiger partial charge in [-0.25, -0.2) is 9.69 Å². The third-order valence-electron chi connectivity index (χ3n) is 6.09. The largest absolute Gasteiger partial charge is 0.272 e. The first kappa shape index (κ1) is 23.1. The average molecular weight is 513 g/mol. The molecule has 1 saturated carbocycles. The second-order valence-corrected chi connectivity index (χ2v) is 10.1. The van der Waals surface area contributed by atoms with Crippen molar-refractivity contribution in [2.75, 3.05) is 5.75 Å². The van der Waals surface area contributed by atoms with Crippen LogP contribution < -0.4 is 0 Å². The van der Waals surface area contributed by atoms with Crippen molar-refractivity contribution in [1.82, 2.24) is 25.2 Å². The van der Waals surface area contributed by atoms with E-state index in [-0.39, 0.29) is 23.6 Å². The van der Waals surface area contributed by atoms with Crippen LogP contribution in [0.5, 0.6) is 0 Å². The van der Waals surface area contributed by atoms with Gasteiger partial charge in [-0.15, -0.1) is 5.10 Å². The molecule has 2 aromatic carbocycles. The number of nitrogens with zero attached hydrogens (tertiary/aromatic N) is 6. The van der Waals surface area contributed by atoms with E-state index in [4.69, 9.17) is 28.3 Å². The summed E-state index contributed by atoms with van der Waals surface area (Å²) in [6.07, 6.45) is 5.09. The number of benzene rings is 2. The minimum Gasteiger partial charge on any atom is -0.272 e. The Hall–Kier alpha value is -2.68. The summed E-state index contributed by atoms with van der Waals surface area (Å²) in [6, 6.07) is 15.3. The Labute approximate surface area is 211 Å². The van der Waals surface area contributed by atoms with Crippen molar-refractivity contribution in [1.29, 1.82) is 0 Å². The molecule has 1 aliphatic carbocycles. The number of halogens is 2. The van der Waals surface area contributed by atoms with E-state index in [0.29, 0.717) is 15.2 Å². The zero-order chi connectivity index (χ0) is 23.7. The van der Waals surface area contributed by atoms with Gasteiger partial charge in [0.2, 0.25) is 5.16 Å². The summed E-state index contributed by atoms with van der Waals surface area (Å²) in [5.41, 5.74) is 4.25. The van der Waals surface area contributed by atoms with Crippen LogP contribution in [0.1, 0.15) is 36.4 Å². The van der Waals surface area contributed by atoms with Crippen LogP contribution in [0.3, 0.4) is 0 Å². The topological polar surface area (TPSA) is 76.3 Å². The minimum absolute atomic E-state index is 0.0827. The number of carbonyl (C=O) groups excluding carboxylic acids is 1. The molecule has 0 bridgehead atoms. The van der Waals surface area contributed by atoms with E-state index in [1.165, 1.54) is 11.8 Å². The number of aryl methyl sites for hydroxylation is 1. The molecule has 1 aliphatic heterocycles. The molecular formula is C24H22Cl2N6OS. The highest BCUT2D eigenvalue weighted by Crippen LogP contribution is 2.44. The predicted molar refractivity (Wildman–Crippen MR) is 135 cm³/mol. The molecule has 1 aromatic heterocycles. The van der Waals surface area contributed by atoms with Gasteiger partial charge in [-0.3, -0.25) is 4.79 Å². The van der Waals surface area contributed by atoms with Crippen molar-refractivity contribution in [3.63, 3.8) is 0 Å². The van der Waals surface area contributed by atoms with E-state index >= 15 is 0 Å². The number of aromatic nitrogens is 4. The first-order chi connectivity index (χ1) is 16.5. The van der Waals surface area contributed by atoms with Crippen molar-refractivity contribution in [2.45, 2.75) is 30.5 Å². The Bertz CT molecular complexity index is 1260. The number of hydrogen-bond donors (Lipinski definition) is 0. The highest BCUT2D eigenvalue weighted by atomic mass is 35.5. The van der Waals surface area contributed by atoms with Gasteiger partial charge in [-0.2, -0.15) is 5.10 Å². The van der Waals surface area contributed by atoms with E-state index in [1.807, 2.05) is 48.5 Å². The zero-order valence-electron chi connectivity index (χ0n) is 18.4. The maximum absolute atomic E-state index is 13.4. The summed E-state index contributed by atoms with van der Waals surface area (Å²) in [6.45, 7) is 0. The molecule has 3 aromatic rings. The van der Waals surface area contributed by atoms with Crippen LogP contribution in [0.25, 0.3) is 6.08 Å². The number of hydrazone groups is 1. The number of carbonyl (C=O) groups is 1. The molecule has 2 atom stereocenters. The van der Waals surface area contributed by atoms with Gasteiger partial charge in [0.15, 0.2) is 0 Å². The predicted octanol–water partition coefficient (Wildman–Crippen LogP) is 5.43. The molecule has 0 saturated heterocycles. The Morgan fingerprint density at radius 3 is 2.50 bits per heavy atom. The van der Waals surface area contributed by atoms with Crippen LogP contribution in [0, 0.1) is 5.92 Å². The summed E-state index contributed by atoms with van der Waals surface area (Å²) in [7, 11) is 1.75. The SMILES string of the molecule is Cn1nnnc1SCC(=O)N1N=C2/C(=C\c3ccc(Cl)cc3)CCC[C@@H]2[C@H]1c1ccc(Cl)cc1. The zero-order valence-corrected chi connectivity index (χ0v) is 20.8. The molecule has 0 N–H and O–H groups in total. The fourth-order valence-corrected chi connectivity index (χ4v) is 5.45. The molecule has 2 heterocycles. The molecular weight excluding hydrogens is 491 g/mol. The number of allylic oxidation sites excluding steroid dienone is 1. The Kier molecular flexibility index (Phi) is 6.72. The molecule has 0 radical (unpaired) electrons. The fourth-order valence-electron chi connectivity index (χ4n) is 4.50. The molecule has 34 heavy (non-hydrogen) atoms. The number of amides is 1. The molecule has 174 valence electrons. The lowest BCUT2D eigenvalue weighted by Gasteiger charge is -2.29. The highest BCUT2D eigenvalue weighted by Gasteiger charge is 2.43. The third kappa shape index (κ3) is 4.76. The molecule has 10 heteroatoms. The van der Waals surface area contributed by atoms with Gasteiger partial charge >= 0.3 is 0 Å². The Morgan fingerprint density at radius 1 is 1.12 bits per heavy atom. The van der Waals surface area contributed by atoms with Crippen molar-refractivity contribution < 1.29 is 4.79 Å². The van der Waals surface area contributed by atoms with E-state index in [0.717, 1.165) is 41.7 Å². The van der Waals surface area contributed by atoms with Crippen molar-refractivity contribution in [2.24, 2.45) is 18.1 Å². The lowest BCUT2D eigenvalue weighted by atomic mass is 9.77. The standard InChI is InChI=1S/C24H22Cl2N6OS/c1-31-24(27-29-30-31)34-14-21(33)32-23(16-7-11-19(26)12-8-16)20-4-2-3-17(22(20)28-32)13-15-5-9-18(25)10-6-15/h5-13,20,23H,2-4,14H2,1H3/b17-13-/t20-,23+/m0/s1. The minimum atomic E-state index is -0.174. The monoisotopic (exact) mass is 512 g/mol. The van der Waals surface area contributed by atoms with Gasteiger partial charge in [-0.05, 0) is 76.7 Å². The second-order valence-electron chi connectivity index (χ2n) is 8.31. The van der Waals surface area contributed by atoms with Crippen LogP contribution in [-0.2, 0) is 11.8 Å². The first-order valence-corrected chi connectivity index (χ1v) is 12.7.